The van der Waals surface area contributed by atoms with Gasteiger partial charge in [0.1, 0.15) is 16.7 Å². The molecule has 0 aliphatic carbocycles. The zero-order valence-electron chi connectivity index (χ0n) is 9.82. The Bertz CT molecular complexity index is 359. The van der Waals surface area contributed by atoms with Crippen LogP contribution in [0.4, 0.5) is 5.82 Å². The van der Waals surface area contributed by atoms with Crippen molar-refractivity contribution in [1.82, 2.24) is 9.97 Å². The third-order valence-electron chi connectivity index (χ3n) is 2.20. The van der Waals surface area contributed by atoms with Crippen molar-refractivity contribution in [2.24, 2.45) is 5.84 Å². The van der Waals surface area contributed by atoms with Crippen LogP contribution in [-0.4, -0.2) is 26.9 Å². The molecule has 0 amide bonds. The first kappa shape index (κ1) is 13.2. The number of nitrogens with one attached hydrogen (secondary N) is 1. The fourth-order valence-corrected chi connectivity index (χ4v) is 2.35. The van der Waals surface area contributed by atoms with Gasteiger partial charge in [-0.2, -0.15) is 0 Å². The van der Waals surface area contributed by atoms with Crippen LogP contribution in [0.1, 0.15) is 24.7 Å². The zero-order chi connectivity index (χ0) is 12.1. The molecule has 0 saturated heterocycles. The molecule has 0 bridgehead atoms. The second kappa shape index (κ2) is 6.03. The molecule has 1 aromatic rings. The summed E-state index contributed by atoms with van der Waals surface area (Å²) in [5.74, 6) is 6.74. The van der Waals surface area contributed by atoms with Crippen molar-refractivity contribution in [1.29, 1.82) is 0 Å². The minimum atomic E-state index is 0.194. The molecule has 5 nitrogen and oxygen atoms in total. The molecule has 16 heavy (non-hydrogen) atoms. The Labute approximate surface area is 99.8 Å². The molecule has 0 fully saturated rings. The lowest BCUT2D eigenvalue weighted by atomic mass is 10.3. The van der Waals surface area contributed by atoms with Gasteiger partial charge in [0.15, 0.2) is 0 Å². The van der Waals surface area contributed by atoms with Gasteiger partial charge in [-0.05, 0) is 20.3 Å². The molecule has 1 rings (SSSR count). The highest BCUT2D eigenvalue weighted by atomic mass is 32.2. The van der Waals surface area contributed by atoms with Crippen LogP contribution in [0.2, 0.25) is 0 Å². The van der Waals surface area contributed by atoms with Crippen LogP contribution in [0.5, 0.6) is 0 Å². The van der Waals surface area contributed by atoms with E-state index in [1.165, 1.54) is 0 Å². The van der Waals surface area contributed by atoms with Gasteiger partial charge in [-0.15, -0.1) is 11.8 Å². The quantitative estimate of drug-likeness (QED) is 0.312. The largest absolute Gasteiger partial charge is 0.396 e. The van der Waals surface area contributed by atoms with Crippen molar-refractivity contribution < 1.29 is 5.11 Å². The van der Waals surface area contributed by atoms with Crippen molar-refractivity contribution >= 4 is 17.6 Å². The number of nitrogen functional groups attached to an aromatic ring is 1. The third-order valence-corrected chi connectivity index (χ3v) is 3.46. The molecule has 1 unspecified atom stereocenters. The molecule has 0 aliphatic rings. The molecular formula is C10H18N4OS. The molecule has 6 heteroatoms. The Morgan fingerprint density at radius 3 is 2.69 bits per heavy atom. The number of aromatic nitrogens is 2. The molecule has 0 radical (unpaired) electrons. The Hall–Kier alpha value is -0.850. The van der Waals surface area contributed by atoms with Crippen LogP contribution >= 0.6 is 11.8 Å². The molecule has 0 saturated carbocycles. The van der Waals surface area contributed by atoms with E-state index in [1.807, 2.05) is 13.8 Å². The van der Waals surface area contributed by atoms with E-state index in [4.69, 9.17) is 10.9 Å². The van der Waals surface area contributed by atoms with Crippen LogP contribution in [0, 0.1) is 13.8 Å². The standard InChI is InChI=1S/C10H18N4OS/c1-6(4-5-15)16-10-7(2)9(14-11)12-8(3)13-10/h6,15H,4-5,11H2,1-3H3,(H,12,13,14). The minimum absolute atomic E-state index is 0.194. The number of hydrogen-bond acceptors (Lipinski definition) is 6. The first-order valence-corrected chi connectivity index (χ1v) is 6.05. The van der Waals surface area contributed by atoms with Gasteiger partial charge in [-0.3, -0.25) is 0 Å². The van der Waals surface area contributed by atoms with Gasteiger partial charge < -0.3 is 10.5 Å². The summed E-state index contributed by atoms with van der Waals surface area (Å²) in [6, 6.07) is 0. The summed E-state index contributed by atoms with van der Waals surface area (Å²) in [4.78, 5) is 8.57. The number of rotatable bonds is 5. The summed E-state index contributed by atoms with van der Waals surface area (Å²) >= 11 is 1.63. The van der Waals surface area contributed by atoms with Crippen LogP contribution < -0.4 is 11.3 Å². The summed E-state index contributed by atoms with van der Waals surface area (Å²) < 4.78 is 0. The first-order chi connectivity index (χ1) is 7.58. The summed E-state index contributed by atoms with van der Waals surface area (Å²) in [5, 5.41) is 10.1. The topological polar surface area (TPSA) is 84.1 Å². The average Bonchev–Trinajstić information content (AvgIpc) is 2.23. The summed E-state index contributed by atoms with van der Waals surface area (Å²) in [5.41, 5.74) is 3.52. The first-order valence-electron chi connectivity index (χ1n) is 5.17. The van der Waals surface area contributed by atoms with E-state index < -0.39 is 0 Å². The maximum absolute atomic E-state index is 8.86. The van der Waals surface area contributed by atoms with E-state index in [9.17, 15) is 0 Å². The van der Waals surface area contributed by atoms with E-state index in [0.717, 1.165) is 17.0 Å². The fourth-order valence-electron chi connectivity index (χ4n) is 1.29. The van der Waals surface area contributed by atoms with Crippen LogP contribution in [0.15, 0.2) is 5.03 Å². The SMILES string of the molecule is Cc1nc(NN)c(C)c(SC(C)CCO)n1. The molecule has 1 aromatic heterocycles. The number of aliphatic hydroxyl groups is 1. The second-order valence-electron chi connectivity index (χ2n) is 3.63. The number of thioether (sulfide) groups is 1. The van der Waals surface area contributed by atoms with Crippen molar-refractivity contribution in [3.8, 4) is 0 Å². The second-order valence-corrected chi connectivity index (χ2v) is 5.06. The number of aliphatic hydroxyl groups excluding tert-OH is 1. The summed E-state index contributed by atoms with van der Waals surface area (Å²) in [6.45, 7) is 6.02. The van der Waals surface area contributed by atoms with Crippen molar-refractivity contribution in [3.63, 3.8) is 0 Å². The van der Waals surface area contributed by atoms with Gasteiger partial charge in [0.05, 0.1) is 0 Å². The lowest BCUT2D eigenvalue weighted by molar-refractivity contribution is 0.289. The van der Waals surface area contributed by atoms with Gasteiger partial charge in [-0.1, -0.05) is 6.92 Å². The van der Waals surface area contributed by atoms with Gasteiger partial charge in [0.2, 0.25) is 0 Å². The van der Waals surface area contributed by atoms with Crippen LogP contribution in [-0.2, 0) is 0 Å². The van der Waals surface area contributed by atoms with Crippen molar-refractivity contribution in [3.05, 3.63) is 11.4 Å². The Kier molecular flexibility index (Phi) is 4.98. The predicted octanol–water partition coefficient (Wildman–Crippen LogP) is 1.24. The van der Waals surface area contributed by atoms with Gasteiger partial charge >= 0.3 is 0 Å². The molecule has 0 spiro atoms. The van der Waals surface area contributed by atoms with E-state index >= 15 is 0 Å². The number of nitrogens with two attached hydrogens (primary N) is 1. The van der Waals surface area contributed by atoms with Crippen LogP contribution in [0.25, 0.3) is 0 Å². The normalized spacial score (nSPS) is 12.6. The lowest BCUT2D eigenvalue weighted by Gasteiger charge is -2.13. The van der Waals surface area contributed by atoms with Gasteiger partial charge in [0.25, 0.3) is 0 Å². The summed E-state index contributed by atoms with van der Waals surface area (Å²) in [6.07, 6.45) is 0.749. The summed E-state index contributed by atoms with van der Waals surface area (Å²) in [7, 11) is 0. The predicted molar refractivity (Wildman–Crippen MR) is 66.3 cm³/mol. The monoisotopic (exact) mass is 242 g/mol. The molecule has 4 N–H and O–H groups in total. The molecule has 1 heterocycles. The molecule has 0 aromatic carbocycles. The lowest BCUT2D eigenvalue weighted by Crippen LogP contribution is -2.13. The van der Waals surface area contributed by atoms with Gasteiger partial charge in [-0.25, -0.2) is 15.8 Å². The Balaban J connectivity index is 2.90. The van der Waals surface area contributed by atoms with E-state index in [0.29, 0.717) is 16.9 Å². The molecule has 1 atom stereocenters. The molecule has 90 valence electrons. The number of aryl methyl sites for hydroxylation is 1. The average molecular weight is 242 g/mol. The maximum atomic E-state index is 8.86. The number of hydrazine groups is 1. The Morgan fingerprint density at radius 1 is 1.44 bits per heavy atom. The van der Waals surface area contributed by atoms with Crippen LogP contribution in [0.3, 0.4) is 0 Å². The molecular weight excluding hydrogens is 224 g/mol. The van der Waals surface area contributed by atoms with E-state index in [2.05, 4.69) is 22.3 Å². The van der Waals surface area contributed by atoms with Crippen molar-refractivity contribution in [2.75, 3.05) is 12.0 Å². The van der Waals surface area contributed by atoms with E-state index in [1.54, 1.807) is 11.8 Å². The third kappa shape index (κ3) is 3.33. The number of anilines is 1. The fraction of sp³-hybridized carbons (Fsp3) is 0.600. The molecule has 0 aliphatic heterocycles. The van der Waals surface area contributed by atoms with Crippen molar-refractivity contribution in [2.45, 2.75) is 37.5 Å². The maximum Gasteiger partial charge on any atom is 0.147 e. The Morgan fingerprint density at radius 2 is 2.12 bits per heavy atom. The number of hydrogen-bond donors (Lipinski definition) is 3. The number of nitrogens with zero attached hydrogens (tertiary/aromatic N) is 2. The van der Waals surface area contributed by atoms with E-state index in [-0.39, 0.29) is 6.61 Å². The highest BCUT2D eigenvalue weighted by Gasteiger charge is 2.12. The minimum Gasteiger partial charge on any atom is -0.396 e. The van der Waals surface area contributed by atoms with Gasteiger partial charge in [0, 0.05) is 17.4 Å². The highest BCUT2D eigenvalue weighted by molar-refractivity contribution is 7.99. The zero-order valence-corrected chi connectivity index (χ0v) is 10.6. The highest BCUT2D eigenvalue weighted by Crippen LogP contribution is 2.28. The smallest absolute Gasteiger partial charge is 0.147 e.